The SMILES string of the molecule is COc1ccc(C2=N/C(=C\c3ccc(/C=C/COC(C)=O)cc3)C(=O)O2)cc1Oc1ccccc1. The van der Waals surface area contributed by atoms with Gasteiger partial charge in [-0.3, -0.25) is 4.79 Å². The molecule has 7 nitrogen and oxygen atoms in total. The summed E-state index contributed by atoms with van der Waals surface area (Å²) >= 11 is 0. The van der Waals surface area contributed by atoms with Crippen LogP contribution in [-0.2, 0) is 19.1 Å². The normalized spacial score (nSPS) is 14.1. The number of para-hydroxylation sites is 1. The summed E-state index contributed by atoms with van der Waals surface area (Å²) in [7, 11) is 1.56. The Kier molecular flexibility index (Phi) is 7.37. The number of esters is 2. The number of cyclic esters (lactones) is 1. The van der Waals surface area contributed by atoms with Crippen molar-refractivity contribution in [3.8, 4) is 17.2 Å². The molecule has 3 aromatic carbocycles. The van der Waals surface area contributed by atoms with E-state index in [0.717, 1.165) is 11.1 Å². The number of ether oxygens (including phenoxy) is 4. The highest BCUT2D eigenvalue weighted by Gasteiger charge is 2.25. The third kappa shape index (κ3) is 6.23. The van der Waals surface area contributed by atoms with E-state index in [1.54, 1.807) is 37.5 Å². The van der Waals surface area contributed by atoms with Gasteiger partial charge in [-0.2, -0.15) is 0 Å². The molecule has 0 atom stereocenters. The van der Waals surface area contributed by atoms with Gasteiger partial charge in [0.25, 0.3) is 0 Å². The van der Waals surface area contributed by atoms with Gasteiger partial charge in [-0.25, -0.2) is 9.79 Å². The lowest BCUT2D eigenvalue weighted by molar-refractivity contribution is -0.139. The maximum Gasteiger partial charge on any atom is 0.363 e. The van der Waals surface area contributed by atoms with Crippen molar-refractivity contribution in [3.05, 3.63) is 101 Å². The minimum Gasteiger partial charge on any atom is -0.493 e. The highest BCUT2D eigenvalue weighted by atomic mass is 16.6. The smallest absolute Gasteiger partial charge is 0.363 e. The van der Waals surface area contributed by atoms with E-state index >= 15 is 0 Å². The van der Waals surface area contributed by atoms with Gasteiger partial charge in [0.15, 0.2) is 17.2 Å². The zero-order valence-corrected chi connectivity index (χ0v) is 19.3. The lowest BCUT2D eigenvalue weighted by atomic mass is 10.1. The second-order valence-electron chi connectivity index (χ2n) is 7.49. The van der Waals surface area contributed by atoms with Crippen molar-refractivity contribution in [1.29, 1.82) is 0 Å². The highest BCUT2D eigenvalue weighted by molar-refractivity contribution is 6.13. The van der Waals surface area contributed by atoms with Crippen LogP contribution < -0.4 is 9.47 Å². The summed E-state index contributed by atoms with van der Waals surface area (Å²) in [5.41, 5.74) is 2.50. The standard InChI is InChI=1S/C28H23NO6/c1-19(30)33-16-6-7-20-10-12-21(13-11-20)17-24-28(31)35-27(29-24)22-14-15-25(32-2)26(18-22)34-23-8-4-3-5-9-23/h3-15,17-18H,16H2,1-2H3/b7-6+,24-17-. The first-order valence-electron chi connectivity index (χ1n) is 10.9. The average Bonchev–Trinajstić information content (AvgIpc) is 3.23. The van der Waals surface area contributed by atoms with Crippen molar-refractivity contribution < 1.29 is 28.5 Å². The van der Waals surface area contributed by atoms with Gasteiger partial charge in [-0.05, 0) is 53.6 Å². The molecular formula is C28H23NO6. The summed E-state index contributed by atoms with van der Waals surface area (Å²) in [6, 6.07) is 22.0. The first-order chi connectivity index (χ1) is 17.0. The van der Waals surface area contributed by atoms with Crippen LogP contribution in [0.15, 0.2) is 89.6 Å². The number of carbonyl (C=O) groups is 2. The number of rotatable bonds is 8. The van der Waals surface area contributed by atoms with Crippen LogP contribution in [0.4, 0.5) is 0 Å². The minimum atomic E-state index is -0.535. The first kappa shape index (κ1) is 23.5. The topological polar surface area (TPSA) is 83.4 Å². The molecule has 0 amide bonds. The Balaban J connectivity index is 1.51. The molecule has 0 radical (unpaired) electrons. The van der Waals surface area contributed by atoms with Crippen molar-refractivity contribution in [2.75, 3.05) is 13.7 Å². The summed E-state index contributed by atoms with van der Waals surface area (Å²) < 4.78 is 21.6. The molecule has 0 aromatic heterocycles. The Bertz CT molecular complexity index is 1310. The number of methoxy groups -OCH3 is 1. The van der Waals surface area contributed by atoms with Crippen molar-refractivity contribution in [2.45, 2.75) is 6.92 Å². The third-order valence-electron chi connectivity index (χ3n) is 4.94. The highest BCUT2D eigenvalue weighted by Crippen LogP contribution is 2.33. The zero-order valence-electron chi connectivity index (χ0n) is 19.3. The molecule has 0 N–H and O–H groups in total. The zero-order chi connectivity index (χ0) is 24.6. The van der Waals surface area contributed by atoms with Crippen LogP contribution in [0.3, 0.4) is 0 Å². The molecule has 176 valence electrons. The maximum atomic E-state index is 12.4. The van der Waals surface area contributed by atoms with Crippen molar-refractivity contribution >= 4 is 30.0 Å². The molecule has 0 saturated heterocycles. The quantitative estimate of drug-likeness (QED) is 0.324. The van der Waals surface area contributed by atoms with E-state index in [-0.39, 0.29) is 24.2 Å². The number of benzene rings is 3. The third-order valence-corrected chi connectivity index (χ3v) is 4.94. The molecule has 35 heavy (non-hydrogen) atoms. The lowest BCUT2D eigenvalue weighted by Gasteiger charge is -2.11. The average molecular weight is 469 g/mol. The lowest BCUT2D eigenvalue weighted by Crippen LogP contribution is -2.05. The van der Waals surface area contributed by atoms with Crippen LogP contribution in [-0.4, -0.2) is 31.6 Å². The molecular weight excluding hydrogens is 446 g/mol. The maximum absolute atomic E-state index is 12.4. The van der Waals surface area contributed by atoms with Crippen LogP contribution in [0, 0.1) is 0 Å². The molecule has 0 spiro atoms. The molecule has 1 heterocycles. The summed E-state index contributed by atoms with van der Waals surface area (Å²) in [5, 5.41) is 0. The fourth-order valence-corrected chi connectivity index (χ4v) is 3.25. The van der Waals surface area contributed by atoms with E-state index < -0.39 is 5.97 Å². The van der Waals surface area contributed by atoms with E-state index in [2.05, 4.69) is 4.99 Å². The summed E-state index contributed by atoms with van der Waals surface area (Å²) in [6.45, 7) is 1.58. The molecule has 0 saturated carbocycles. The second kappa shape index (κ2) is 11.0. The monoisotopic (exact) mass is 469 g/mol. The fourth-order valence-electron chi connectivity index (χ4n) is 3.25. The van der Waals surface area contributed by atoms with Gasteiger partial charge in [-0.15, -0.1) is 0 Å². The van der Waals surface area contributed by atoms with E-state index in [0.29, 0.717) is 22.8 Å². The molecule has 1 aliphatic heterocycles. The second-order valence-corrected chi connectivity index (χ2v) is 7.49. The number of carbonyl (C=O) groups excluding carboxylic acids is 2. The Morgan fingerprint density at radius 2 is 1.71 bits per heavy atom. The number of hydrogen-bond acceptors (Lipinski definition) is 7. The molecule has 7 heteroatoms. The molecule has 4 rings (SSSR count). The van der Waals surface area contributed by atoms with Crippen molar-refractivity contribution in [1.82, 2.24) is 0 Å². The number of aliphatic imine (C=N–C) groups is 1. The van der Waals surface area contributed by atoms with E-state index in [1.807, 2.05) is 60.7 Å². The van der Waals surface area contributed by atoms with E-state index in [1.165, 1.54) is 6.92 Å². The fraction of sp³-hybridized carbons (Fsp3) is 0.107. The Morgan fingerprint density at radius 1 is 0.971 bits per heavy atom. The van der Waals surface area contributed by atoms with Gasteiger partial charge < -0.3 is 18.9 Å². The van der Waals surface area contributed by atoms with Gasteiger partial charge in [0.1, 0.15) is 12.4 Å². The summed E-state index contributed by atoms with van der Waals surface area (Å²) in [4.78, 5) is 27.6. The van der Waals surface area contributed by atoms with Crippen molar-refractivity contribution in [2.24, 2.45) is 4.99 Å². The largest absolute Gasteiger partial charge is 0.493 e. The predicted octanol–water partition coefficient (Wildman–Crippen LogP) is 5.41. The van der Waals surface area contributed by atoms with Gasteiger partial charge in [-0.1, -0.05) is 48.5 Å². The van der Waals surface area contributed by atoms with Crippen LogP contribution >= 0.6 is 0 Å². The Hall–Kier alpha value is -4.65. The van der Waals surface area contributed by atoms with Crippen LogP contribution in [0.2, 0.25) is 0 Å². The Morgan fingerprint density at radius 3 is 2.43 bits per heavy atom. The minimum absolute atomic E-state index is 0.187. The van der Waals surface area contributed by atoms with Gasteiger partial charge >= 0.3 is 11.9 Å². The predicted molar refractivity (Wildman–Crippen MR) is 132 cm³/mol. The van der Waals surface area contributed by atoms with Crippen LogP contribution in [0.5, 0.6) is 17.2 Å². The molecule has 1 aliphatic rings. The first-order valence-corrected chi connectivity index (χ1v) is 10.9. The molecule has 0 fully saturated rings. The molecule has 3 aromatic rings. The van der Waals surface area contributed by atoms with Crippen molar-refractivity contribution in [3.63, 3.8) is 0 Å². The van der Waals surface area contributed by atoms with Gasteiger partial charge in [0, 0.05) is 12.5 Å². The van der Waals surface area contributed by atoms with Crippen LogP contribution in [0.25, 0.3) is 12.2 Å². The molecule has 0 unspecified atom stereocenters. The molecule has 0 aliphatic carbocycles. The van der Waals surface area contributed by atoms with Crippen LogP contribution in [0.1, 0.15) is 23.6 Å². The number of nitrogens with zero attached hydrogens (tertiary/aromatic N) is 1. The van der Waals surface area contributed by atoms with E-state index in [9.17, 15) is 9.59 Å². The Labute approximate surface area is 202 Å². The summed E-state index contributed by atoms with van der Waals surface area (Å²) in [6.07, 6.45) is 5.26. The summed E-state index contributed by atoms with van der Waals surface area (Å²) in [5.74, 6) is 0.997. The van der Waals surface area contributed by atoms with Gasteiger partial charge in [0.05, 0.1) is 7.11 Å². The van der Waals surface area contributed by atoms with Gasteiger partial charge in [0.2, 0.25) is 5.90 Å². The molecule has 0 bridgehead atoms. The number of hydrogen-bond donors (Lipinski definition) is 0. The van der Waals surface area contributed by atoms with E-state index in [4.69, 9.17) is 18.9 Å².